The van der Waals surface area contributed by atoms with Gasteiger partial charge in [-0.2, -0.15) is 0 Å². The van der Waals surface area contributed by atoms with Crippen molar-refractivity contribution >= 4 is 17.9 Å². The van der Waals surface area contributed by atoms with Crippen molar-refractivity contribution in [2.75, 3.05) is 6.61 Å². The summed E-state index contributed by atoms with van der Waals surface area (Å²) in [5, 5.41) is 15.6. The molecule has 0 fully saturated rings. The highest BCUT2D eigenvalue weighted by molar-refractivity contribution is 5.89. The Morgan fingerprint density at radius 2 is 1.57 bits per heavy atom. The lowest BCUT2D eigenvalue weighted by molar-refractivity contribution is -0.138. The van der Waals surface area contributed by atoms with Gasteiger partial charge in [-0.15, -0.1) is 0 Å². The number of carbonyl (C=O) groups excluding carboxylic acids is 1. The second kappa shape index (κ2) is 14.3. The molecule has 0 atom stereocenters. The Bertz CT molecular complexity index is 341. The summed E-state index contributed by atoms with van der Waals surface area (Å²) in [6, 6.07) is 0. The number of aliphatic carboxylic acids is 2. The molecule has 0 radical (unpaired) electrons. The van der Waals surface area contributed by atoms with E-state index in [-0.39, 0.29) is 5.97 Å². The highest BCUT2D eigenvalue weighted by atomic mass is 16.5. The van der Waals surface area contributed by atoms with E-state index >= 15 is 0 Å². The summed E-state index contributed by atoms with van der Waals surface area (Å²) in [5.74, 6) is -2.06. The van der Waals surface area contributed by atoms with Gasteiger partial charge in [0.25, 0.3) is 0 Å². The topological polar surface area (TPSA) is 101 Å². The van der Waals surface area contributed by atoms with Crippen molar-refractivity contribution in [2.24, 2.45) is 5.92 Å². The zero-order valence-corrected chi connectivity index (χ0v) is 12.6. The van der Waals surface area contributed by atoms with Crippen molar-refractivity contribution in [3.63, 3.8) is 0 Å². The van der Waals surface area contributed by atoms with Gasteiger partial charge in [-0.05, 0) is 12.3 Å². The smallest absolute Gasteiger partial charge is 0.330 e. The molecule has 2 N–H and O–H groups in total. The van der Waals surface area contributed by atoms with E-state index < -0.39 is 11.9 Å². The number of hydrogen-bond donors (Lipinski definition) is 2. The maximum Gasteiger partial charge on any atom is 0.330 e. The third-order valence-corrected chi connectivity index (χ3v) is 2.21. The largest absolute Gasteiger partial charge is 0.478 e. The van der Waals surface area contributed by atoms with Gasteiger partial charge in [-0.3, -0.25) is 0 Å². The van der Waals surface area contributed by atoms with Crippen LogP contribution in [0, 0.1) is 5.92 Å². The van der Waals surface area contributed by atoms with Gasteiger partial charge in [-0.25, -0.2) is 14.4 Å². The van der Waals surface area contributed by atoms with Crippen LogP contribution < -0.4 is 0 Å². The molecule has 0 spiro atoms. The maximum atomic E-state index is 10.6. The first kappa shape index (κ1) is 21.2. The summed E-state index contributed by atoms with van der Waals surface area (Å²) in [6.45, 7) is 8.29. The number of rotatable bonds is 9. The molecule has 0 heterocycles. The van der Waals surface area contributed by atoms with Gasteiger partial charge in [0.2, 0.25) is 0 Å². The summed E-state index contributed by atoms with van der Waals surface area (Å²) in [7, 11) is 0. The second-order valence-electron chi connectivity index (χ2n) is 4.62. The lowest BCUT2D eigenvalue weighted by Gasteiger charge is -2.04. The SMILES string of the molecule is C=CC(=O)OCCCCCC(C)C.O=C(O)/C=C\C(=O)O. The highest BCUT2D eigenvalue weighted by Gasteiger charge is 1.96. The quantitative estimate of drug-likeness (QED) is 0.385. The Morgan fingerprint density at radius 3 is 1.95 bits per heavy atom. The molecule has 0 amide bonds. The van der Waals surface area contributed by atoms with Gasteiger partial charge < -0.3 is 14.9 Å². The molecule has 0 saturated heterocycles. The van der Waals surface area contributed by atoms with Crippen LogP contribution in [-0.4, -0.2) is 34.7 Å². The average Bonchev–Trinajstić information content (AvgIpc) is 2.40. The van der Waals surface area contributed by atoms with Crippen LogP contribution in [-0.2, 0) is 19.1 Å². The number of carboxylic acid groups (broad SMARTS) is 2. The van der Waals surface area contributed by atoms with Crippen LogP contribution in [0.3, 0.4) is 0 Å². The number of unbranched alkanes of at least 4 members (excludes halogenated alkanes) is 2. The van der Waals surface area contributed by atoms with Gasteiger partial charge in [0.15, 0.2) is 0 Å². The molecular weight excluding hydrogens is 276 g/mol. The zero-order chi connectivity index (χ0) is 16.7. The van der Waals surface area contributed by atoms with E-state index in [4.69, 9.17) is 14.9 Å². The van der Waals surface area contributed by atoms with Gasteiger partial charge in [0, 0.05) is 18.2 Å². The van der Waals surface area contributed by atoms with Gasteiger partial charge in [-0.1, -0.05) is 39.7 Å². The molecule has 0 aromatic carbocycles. The van der Waals surface area contributed by atoms with Crippen molar-refractivity contribution < 1.29 is 29.3 Å². The first-order chi connectivity index (χ1) is 9.79. The summed E-state index contributed by atoms with van der Waals surface area (Å²) in [4.78, 5) is 29.7. The molecule has 0 aliphatic carbocycles. The molecule has 0 aliphatic heterocycles. The average molecular weight is 300 g/mol. The molecule has 6 heteroatoms. The lowest BCUT2D eigenvalue weighted by Crippen LogP contribution is -2.01. The fourth-order valence-electron chi connectivity index (χ4n) is 1.21. The minimum Gasteiger partial charge on any atom is -0.478 e. The number of esters is 1. The molecule has 120 valence electrons. The van der Waals surface area contributed by atoms with Crippen LogP contribution in [0.2, 0.25) is 0 Å². The van der Waals surface area contributed by atoms with Crippen molar-refractivity contribution in [1.29, 1.82) is 0 Å². The van der Waals surface area contributed by atoms with Crippen molar-refractivity contribution in [3.05, 3.63) is 24.8 Å². The molecule has 0 saturated carbocycles. The molecule has 0 aromatic heterocycles. The van der Waals surface area contributed by atoms with E-state index in [1.807, 2.05) is 0 Å². The Hall–Kier alpha value is -2.11. The first-order valence-corrected chi connectivity index (χ1v) is 6.72. The molecule has 0 aliphatic rings. The number of hydrogen-bond acceptors (Lipinski definition) is 4. The van der Waals surface area contributed by atoms with E-state index in [9.17, 15) is 14.4 Å². The molecule has 6 nitrogen and oxygen atoms in total. The molecule has 21 heavy (non-hydrogen) atoms. The minimum absolute atomic E-state index is 0.316. The molecule has 0 unspecified atom stereocenters. The third kappa shape index (κ3) is 23.4. The number of carbonyl (C=O) groups is 3. The zero-order valence-electron chi connectivity index (χ0n) is 12.6. The summed E-state index contributed by atoms with van der Waals surface area (Å²) in [5.41, 5.74) is 0. The Balaban J connectivity index is 0. The van der Waals surface area contributed by atoms with Crippen LogP contribution in [0.5, 0.6) is 0 Å². The van der Waals surface area contributed by atoms with Crippen LogP contribution >= 0.6 is 0 Å². The van der Waals surface area contributed by atoms with Crippen LogP contribution in [0.4, 0.5) is 0 Å². The Morgan fingerprint density at radius 1 is 1.05 bits per heavy atom. The van der Waals surface area contributed by atoms with Gasteiger partial charge in [0.05, 0.1) is 6.61 Å². The van der Waals surface area contributed by atoms with E-state index in [0.717, 1.165) is 18.8 Å². The predicted molar refractivity (Wildman–Crippen MR) is 78.9 cm³/mol. The van der Waals surface area contributed by atoms with Crippen LogP contribution in [0.1, 0.15) is 39.5 Å². The molecular formula is C15H24O6. The maximum absolute atomic E-state index is 10.6. The highest BCUT2D eigenvalue weighted by Crippen LogP contribution is 2.07. The van der Waals surface area contributed by atoms with Crippen LogP contribution in [0.15, 0.2) is 24.8 Å². The van der Waals surface area contributed by atoms with E-state index in [1.54, 1.807) is 0 Å². The fourth-order valence-corrected chi connectivity index (χ4v) is 1.21. The second-order valence-corrected chi connectivity index (χ2v) is 4.62. The van der Waals surface area contributed by atoms with Gasteiger partial charge >= 0.3 is 17.9 Å². The van der Waals surface area contributed by atoms with Gasteiger partial charge in [0.1, 0.15) is 0 Å². The van der Waals surface area contributed by atoms with Crippen LogP contribution in [0.25, 0.3) is 0 Å². The first-order valence-electron chi connectivity index (χ1n) is 6.72. The lowest BCUT2D eigenvalue weighted by atomic mass is 10.1. The standard InChI is InChI=1S/C11H20O2.C4H4O4/c1-4-11(12)13-9-7-5-6-8-10(2)3;5-3(6)1-2-4(7)8/h4,10H,1,5-9H2,2-3H3;1-2H,(H,5,6)(H,7,8)/b;2-1-. The molecule has 0 rings (SSSR count). The fraction of sp³-hybridized carbons (Fsp3) is 0.533. The molecule has 0 aromatic rings. The van der Waals surface area contributed by atoms with Crippen molar-refractivity contribution in [1.82, 2.24) is 0 Å². The van der Waals surface area contributed by atoms with Crippen molar-refractivity contribution in [3.8, 4) is 0 Å². The normalized spacial score (nSPS) is 9.86. The minimum atomic E-state index is -1.26. The number of carboxylic acids is 2. The summed E-state index contributed by atoms with van der Waals surface area (Å²) >= 11 is 0. The Kier molecular flexibility index (Phi) is 14.4. The monoisotopic (exact) mass is 300 g/mol. The third-order valence-electron chi connectivity index (χ3n) is 2.21. The predicted octanol–water partition coefficient (Wildman–Crippen LogP) is 2.64. The molecule has 0 bridgehead atoms. The van der Waals surface area contributed by atoms with E-state index in [2.05, 4.69) is 20.4 Å². The van der Waals surface area contributed by atoms with E-state index in [0.29, 0.717) is 18.8 Å². The summed E-state index contributed by atoms with van der Waals surface area (Å²) < 4.78 is 4.84. The van der Waals surface area contributed by atoms with E-state index in [1.165, 1.54) is 18.9 Å². The Labute approximate surface area is 125 Å². The number of ether oxygens (including phenoxy) is 1. The van der Waals surface area contributed by atoms with Crippen molar-refractivity contribution in [2.45, 2.75) is 39.5 Å². The summed E-state index contributed by atoms with van der Waals surface area (Å²) in [6.07, 6.45) is 6.91.